The van der Waals surface area contributed by atoms with Gasteiger partial charge in [0.1, 0.15) is 6.33 Å². The van der Waals surface area contributed by atoms with Gasteiger partial charge in [0.15, 0.2) is 17.0 Å². The van der Waals surface area contributed by atoms with Crippen LogP contribution in [0.3, 0.4) is 0 Å². The number of nitrogens with zero attached hydrogens (tertiary/aromatic N) is 4. The number of aromatic nitrogens is 4. The quantitative estimate of drug-likeness (QED) is 0.774. The number of nitrogens with one attached hydrogen (secondary N) is 2. The lowest BCUT2D eigenvalue weighted by Crippen LogP contribution is -2.06. The van der Waals surface area contributed by atoms with Crippen LogP contribution in [0.4, 0.5) is 17.2 Å². The number of rotatable bonds is 4. The second-order valence-corrected chi connectivity index (χ2v) is 5.66. The summed E-state index contributed by atoms with van der Waals surface area (Å²) in [5.41, 5.74) is 3.17. The molecule has 0 bridgehead atoms. The lowest BCUT2D eigenvalue weighted by molar-refractivity contribution is -0.114. The maximum absolute atomic E-state index is 11.2. The van der Waals surface area contributed by atoms with E-state index in [1.807, 2.05) is 30.6 Å². The van der Waals surface area contributed by atoms with Gasteiger partial charge in [0.05, 0.1) is 6.33 Å². The van der Waals surface area contributed by atoms with Crippen LogP contribution in [0.25, 0.3) is 11.2 Å². The first-order valence-electron chi connectivity index (χ1n) is 7.53. The lowest BCUT2D eigenvalue weighted by Gasteiger charge is -2.08. The molecular weight excluding hydrogens is 292 g/mol. The first-order valence-corrected chi connectivity index (χ1v) is 7.53. The molecule has 1 fully saturated rings. The molecule has 3 aromatic rings. The third kappa shape index (κ3) is 2.73. The molecule has 7 heteroatoms. The molecule has 1 aromatic carbocycles. The van der Waals surface area contributed by atoms with Gasteiger partial charge in [-0.1, -0.05) is 6.07 Å². The molecule has 2 N–H and O–H groups in total. The molecule has 1 aliphatic rings. The van der Waals surface area contributed by atoms with E-state index in [1.54, 1.807) is 6.33 Å². The van der Waals surface area contributed by atoms with Crippen molar-refractivity contribution in [2.75, 3.05) is 10.6 Å². The molecule has 7 nitrogen and oxygen atoms in total. The number of benzene rings is 1. The van der Waals surface area contributed by atoms with Crippen molar-refractivity contribution in [1.82, 2.24) is 19.5 Å². The Labute approximate surface area is 132 Å². The van der Waals surface area contributed by atoms with Crippen LogP contribution in [0.5, 0.6) is 0 Å². The predicted octanol–water partition coefficient (Wildman–Crippen LogP) is 2.86. The van der Waals surface area contributed by atoms with Crippen molar-refractivity contribution in [3.8, 4) is 0 Å². The Morgan fingerprint density at radius 3 is 2.83 bits per heavy atom. The van der Waals surface area contributed by atoms with Crippen LogP contribution in [-0.2, 0) is 4.79 Å². The van der Waals surface area contributed by atoms with Crippen molar-refractivity contribution >= 4 is 34.3 Å². The van der Waals surface area contributed by atoms with Crippen LogP contribution in [-0.4, -0.2) is 25.4 Å². The van der Waals surface area contributed by atoms with Gasteiger partial charge in [-0.25, -0.2) is 15.0 Å². The zero-order chi connectivity index (χ0) is 15.8. The van der Waals surface area contributed by atoms with Crippen molar-refractivity contribution < 1.29 is 4.79 Å². The maximum Gasteiger partial charge on any atom is 0.221 e. The highest BCUT2D eigenvalue weighted by atomic mass is 16.1. The fraction of sp³-hybridized carbons (Fsp3) is 0.250. The Balaban J connectivity index is 1.66. The van der Waals surface area contributed by atoms with Crippen molar-refractivity contribution in [3.63, 3.8) is 0 Å². The molecule has 1 aliphatic carbocycles. The molecule has 0 radical (unpaired) electrons. The summed E-state index contributed by atoms with van der Waals surface area (Å²) in [5.74, 6) is 0.559. The summed E-state index contributed by atoms with van der Waals surface area (Å²) in [6, 6.07) is 7.99. The van der Waals surface area contributed by atoms with Crippen LogP contribution in [0.1, 0.15) is 25.8 Å². The summed E-state index contributed by atoms with van der Waals surface area (Å²) < 4.78 is 2.11. The van der Waals surface area contributed by atoms with Crippen LogP contribution >= 0.6 is 0 Å². The van der Waals surface area contributed by atoms with Gasteiger partial charge in [-0.15, -0.1) is 0 Å². The van der Waals surface area contributed by atoms with Gasteiger partial charge in [0.25, 0.3) is 0 Å². The third-order valence-corrected chi connectivity index (χ3v) is 3.74. The summed E-state index contributed by atoms with van der Waals surface area (Å²) in [7, 11) is 0. The van der Waals surface area contributed by atoms with Gasteiger partial charge < -0.3 is 15.2 Å². The van der Waals surface area contributed by atoms with E-state index in [2.05, 4.69) is 30.2 Å². The molecule has 0 atom stereocenters. The summed E-state index contributed by atoms with van der Waals surface area (Å²) in [4.78, 5) is 24.3. The summed E-state index contributed by atoms with van der Waals surface area (Å²) in [6.07, 6.45) is 5.73. The average Bonchev–Trinajstić information content (AvgIpc) is 3.26. The van der Waals surface area contributed by atoms with Gasteiger partial charge in [-0.3, -0.25) is 4.79 Å². The molecule has 23 heavy (non-hydrogen) atoms. The fourth-order valence-corrected chi connectivity index (χ4v) is 2.58. The van der Waals surface area contributed by atoms with E-state index in [0.29, 0.717) is 11.9 Å². The van der Waals surface area contributed by atoms with Crippen LogP contribution in [0, 0.1) is 0 Å². The molecular formula is C16H16N6O. The molecule has 2 heterocycles. The van der Waals surface area contributed by atoms with Crippen molar-refractivity contribution in [2.24, 2.45) is 0 Å². The van der Waals surface area contributed by atoms with Crippen LogP contribution in [0.2, 0.25) is 0 Å². The van der Waals surface area contributed by atoms with E-state index >= 15 is 0 Å². The Hall–Kier alpha value is -2.96. The van der Waals surface area contributed by atoms with E-state index in [1.165, 1.54) is 19.8 Å². The number of fused-ring (bicyclic) bond motifs is 1. The molecule has 0 unspecified atom stereocenters. The summed E-state index contributed by atoms with van der Waals surface area (Å²) in [6.45, 7) is 1.48. The molecule has 116 valence electrons. The zero-order valence-corrected chi connectivity index (χ0v) is 12.7. The van der Waals surface area contributed by atoms with Gasteiger partial charge >= 0.3 is 0 Å². The first-order chi connectivity index (χ1) is 11.2. The summed E-state index contributed by atoms with van der Waals surface area (Å²) >= 11 is 0. The van der Waals surface area contributed by atoms with Crippen molar-refractivity contribution in [1.29, 1.82) is 0 Å². The molecule has 1 amide bonds. The maximum atomic E-state index is 11.2. The van der Waals surface area contributed by atoms with E-state index in [9.17, 15) is 4.79 Å². The highest BCUT2D eigenvalue weighted by Gasteiger charge is 2.26. The van der Waals surface area contributed by atoms with Gasteiger partial charge in [-0.2, -0.15) is 0 Å². The standard InChI is InChI=1S/C16H16N6O/c1-10(23)20-11-3-2-4-12(7-11)21-15-14-16(18-8-17-15)22(9-19-14)13-5-6-13/h2-4,7-9,13H,5-6H2,1H3,(H,20,23)(H,17,18,21). The molecule has 2 aromatic heterocycles. The number of anilines is 3. The Kier molecular flexibility index (Phi) is 3.18. The minimum Gasteiger partial charge on any atom is -0.338 e. The lowest BCUT2D eigenvalue weighted by atomic mass is 10.2. The number of hydrogen-bond acceptors (Lipinski definition) is 5. The number of carbonyl (C=O) groups is 1. The fourth-order valence-electron chi connectivity index (χ4n) is 2.58. The van der Waals surface area contributed by atoms with E-state index in [4.69, 9.17) is 0 Å². The monoisotopic (exact) mass is 308 g/mol. The normalized spacial score (nSPS) is 14.0. The Morgan fingerprint density at radius 1 is 1.22 bits per heavy atom. The predicted molar refractivity (Wildman–Crippen MR) is 87.6 cm³/mol. The number of amides is 1. The van der Waals surface area contributed by atoms with E-state index in [-0.39, 0.29) is 5.91 Å². The molecule has 1 saturated carbocycles. The van der Waals surface area contributed by atoms with Gasteiger partial charge in [0.2, 0.25) is 5.91 Å². The number of hydrogen-bond donors (Lipinski definition) is 2. The highest BCUT2D eigenvalue weighted by Crippen LogP contribution is 2.37. The minimum absolute atomic E-state index is 0.102. The second-order valence-electron chi connectivity index (χ2n) is 5.66. The topological polar surface area (TPSA) is 84.7 Å². The SMILES string of the molecule is CC(=O)Nc1cccc(Nc2ncnc3c2ncn3C2CC2)c1. The largest absolute Gasteiger partial charge is 0.338 e. The van der Waals surface area contributed by atoms with Gasteiger partial charge in [0, 0.05) is 24.3 Å². The second kappa shape index (κ2) is 5.35. The Bertz CT molecular complexity index is 883. The highest BCUT2D eigenvalue weighted by molar-refractivity contribution is 5.90. The third-order valence-electron chi connectivity index (χ3n) is 3.74. The molecule has 4 rings (SSSR count). The van der Waals surface area contributed by atoms with Crippen LogP contribution in [0.15, 0.2) is 36.9 Å². The smallest absolute Gasteiger partial charge is 0.221 e. The molecule has 0 spiro atoms. The van der Waals surface area contributed by atoms with Crippen molar-refractivity contribution in [2.45, 2.75) is 25.8 Å². The van der Waals surface area contributed by atoms with Gasteiger partial charge in [-0.05, 0) is 31.0 Å². The zero-order valence-electron chi connectivity index (χ0n) is 12.7. The Morgan fingerprint density at radius 2 is 2.04 bits per heavy atom. The van der Waals surface area contributed by atoms with E-state index < -0.39 is 0 Å². The molecule has 0 aliphatic heterocycles. The summed E-state index contributed by atoms with van der Waals surface area (Å²) in [5, 5.41) is 6.02. The van der Waals surface area contributed by atoms with Crippen molar-refractivity contribution in [3.05, 3.63) is 36.9 Å². The average molecular weight is 308 g/mol. The van der Waals surface area contributed by atoms with Crippen LogP contribution < -0.4 is 10.6 Å². The minimum atomic E-state index is -0.102. The molecule has 0 saturated heterocycles. The first kappa shape index (κ1) is 13.7. The van der Waals surface area contributed by atoms with E-state index in [0.717, 1.165) is 22.5 Å². The number of carbonyl (C=O) groups excluding carboxylic acids is 1. The number of imidazole rings is 1.